The summed E-state index contributed by atoms with van der Waals surface area (Å²) in [5.74, 6) is 0.00972. The van der Waals surface area contributed by atoms with Crippen LogP contribution in [-0.2, 0) is 9.53 Å². The number of carbonyl (C=O) groups is 1. The van der Waals surface area contributed by atoms with Gasteiger partial charge in [-0.15, -0.1) is 0 Å². The maximum atomic E-state index is 12.0. The molecule has 3 nitrogen and oxygen atoms in total. The van der Waals surface area contributed by atoms with Gasteiger partial charge < -0.3 is 9.84 Å². The molecular weight excluding hydrogens is 745 g/mol. The maximum Gasteiger partial charge on any atom is 0.305 e. The van der Waals surface area contributed by atoms with E-state index in [4.69, 9.17) is 9.84 Å². The number of aliphatic hydroxyl groups excluding tert-OH is 1. The highest BCUT2D eigenvalue weighted by Gasteiger charge is 2.03. The van der Waals surface area contributed by atoms with Crippen molar-refractivity contribution in [1.82, 2.24) is 0 Å². The molecule has 1 N–H and O–H groups in total. The SMILES string of the molecule is CC/C=C\C/C=C\C/C=C\CCCCCCCC(=O)OCCCCCCCCCCCCCCCCCCCCCCCCCCCCCCCCCCCCCCCCO. The molecule has 0 bridgehead atoms. The van der Waals surface area contributed by atoms with Crippen molar-refractivity contribution in [2.75, 3.05) is 13.2 Å². The first-order chi connectivity index (χ1) is 30.3. The third-order valence-corrected chi connectivity index (χ3v) is 12.8. The minimum Gasteiger partial charge on any atom is -0.466 e. The summed E-state index contributed by atoms with van der Waals surface area (Å²) in [5.41, 5.74) is 0. The number of aliphatic hydroxyl groups is 1. The molecule has 0 amide bonds. The molecule has 61 heavy (non-hydrogen) atoms. The molecule has 3 heteroatoms. The molecule has 0 heterocycles. The van der Waals surface area contributed by atoms with Gasteiger partial charge in [-0.2, -0.15) is 0 Å². The van der Waals surface area contributed by atoms with Crippen molar-refractivity contribution in [2.24, 2.45) is 0 Å². The molecule has 0 aliphatic heterocycles. The normalized spacial score (nSPS) is 12.0. The lowest BCUT2D eigenvalue weighted by atomic mass is 10.0. The second kappa shape index (κ2) is 56.7. The average molecular weight is 856 g/mol. The van der Waals surface area contributed by atoms with E-state index in [0.717, 1.165) is 44.9 Å². The first kappa shape index (κ1) is 59.6. The Bertz CT molecular complexity index is 890. The summed E-state index contributed by atoms with van der Waals surface area (Å²) in [6, 6.07) is 0. The van der Waals surface area contributed by atoms with E-state index in [2.05, 4.69) is 43.4 Å². The highest BCUT2D eigenvalue weighted by Crippen LogP contribution is 2.18. The summed E-state index contributed by atoms with van der Waals surface area (Å²) in [6.45, 7) is 3.16. The maximum absolute atomic E-state index is 12.0. The van der Waals surface area contributed by atoms with Gasteiger partial charge in [0.1, 0.15) is 0 Å². The first-order valence-corrected chi connectivity index (χ1v) is 28.0. The number of carbonyl (C=O) groups excluding carboxylic acids is 1. The van der Waals surface area contributed by atoms with Crippen LogP contribution in [0, 0.1) is 0 Å². The zero-order chi connectivity index (χ0) is 43.9. The van der Waals surface area contributed by atoms with Crippen molar-refractivity contribution in [1.29, 1.82) is 0 Å². The van der Waals surface area contributed by atoms with E-state index >= 15 is 0 Å². The topological polar surface area (TPSA) is 46.5 Å². The molecule has 0 radical (unpaired) electrons. The Morgan fingerprint density at radius 2 is 0.590 bits per heavy atom. The van der Waals surface area contributed by atoms with Gasteiger partial charge in [0.25, 0.3) is 0 Å². The summed E-state index contributed by atoms with van der Waals surface area (Å²) in [5, 5.41) is 8.82. The van der Waals surface area contributed by atoms with Crippen molar-refractivity contribution in [3.8, 4) is 0 Å². The van der Waals surface area contributed by atoms with Crippen LogP contribution in [0.4, 0.5) is 0 Å². The van der Waals surface area contributed by atoms with Crippen LogP contribution in [0.2, 0.25) is 0 Å². The Hall–Kier alpha value is -1.35. The molecule has 0 saturated carbocycles. The van der Waals surface area contributed by atoms with Gasteiger partial charge in [0.05, 0.1) is 6.61 Å². The Morgan fingerprint density at radius 3 is 0.918 bits per heavy atom. The number of allylic oxidation sites excluding steroid dienone is 6. The highest BCUT2D eigenvalue weighted by molar-refractivity contribution is 5.69. The van der Waals surface area contributed by atoms with Crippen LogP contribution in [0.25, 0.3) is 0 Å². The van der Waals surface area contributed by atoms with E-state index in [9.17, 15) is 4.79 Å². The van der Waals surface area contributed by atoms with Gasteiger partial charge in [0.2, 0.25) is 0 Å². The number of rotatable bonds is 53. The summed E-state index contributed by atoms with van der Waals surface area (Å²) in [4.78, 5) is 12.0. The third kappa shape index (κ3) is 56.6. The molecule has 0 rings (SSSR count). The molecule has 0 aliphatic rings. The largest absolute Gasteiger partial charge is 0.466 e. The van der Waals surface area contributed by atoms with E-state index in [0.29, 0.717) is 19.6 Å². The van der Waals surface area contributed by atoms with Crippen LogP contribution in [0.15, 0.2) is 36.5 Å². The van der Waals surface area contributed by atoms with Gasteiger partial charge in [0.15, 0.2) is 0 Å². The van der Waals surface area contributed by atoms with Gasteiger partial charge >= 0.3 is 5.97 Å². The standard InChI is InChI=1S/C58H110O3/c1-2-3-4-5-6-7-8-9-34-37-40-43-46-49-52-55-58(60)61-57-54-51-48-45-42-39-36-33-31-29-27-25-23-21-19-17-15-13-11-10-12-14-16-18-20-22-24-26-28-30-32-35-38-41-44-47-50-53-56-59/h3-4,6-7,9,34,59H,2,5,8,10-33,35-57H2,1H3/b4-3-,7-6-,34-9-. The van der Waals surface area contributed by atoms with Gasteiger partial charge in [-0.3, -0.25) is 4.79 Å². The molecule has 0 unspecified atom stereocenters. The van der Waals surface area contributed by atoms with Crippen molar-refractivity contribution in [3.05, 3.63) is 36.5 Å². The van der Waals surface area contributed by atoms with Crippen LogP contribution in [0.3, 0.4) is 0 Å². The lowest BCUT2D eigenvalue weighted by molar-refractivity contribution is -0.143. The van der Waals surface area contributed by atoms with Crippen LogP contribution in [0.5, 0.6) is 0 Å². The molecule has 360 valence electrons. The zero-order valence-corrected chi connectivity index (χ0v) is 41.6. The second-order valence-corrected chi connectivity index (χ2v) is 19.0. The summed E-state index contributed by atoms with van der Waals surface area (Å²) in [7, 11) is 0. The highest BCUT2D eigenvalue weighted by atomic mass is 16.5. The number of hydrogen-bond acceptors (Lipinski definition) is 3. The predicted molar refractivity (Wildman–Crippen MR) is 273 cm³/mol. The van der Waals surface area contributed by atoms with Crippen LogP contribution in [0.1, 0.15) is 315 Å². The minimum absolute atomic E-state index is 0.00972. The molecule has 0 aromatic heterocycles. The van der Waals surface area contributed by atoms with E-state index in [1.807, 2.05) is 0 Å². The quantitative estimate of drug-likeness (QED) is 0.0377. The fourth-order valence-corrected chi connectivity index (χ4v) is 8.72. The Kier molecular flexibility index (Phi) is 55.4. The molecular formula is C58H110O3. The second-order valence-electron chi connectivity index (χ2n) is 19.0. The molecule has 0 aromatic rings. The molecule has 0 atom stereocenters. The van der Waals surface area contributed by atoms with E-state index < -0.39 is 0 Å². The summed E-state index contributed by atoms with van der Waals surface area (Å²) < 4.78 is 5.48. The Balaban J connectivity index is 3.16. The Morgan fingerprint density at radius 1 is 0.328 bits per heavy atom. The van der Waals surface area contributed by atoms with Crippen molar-refractivity contribution < 1.29 is 14.6 Å². The molecule has 0 saturated heterocycles. The zero-order valence-electron chi connectivity index (χ0n) is 41.6. The first-order valence-electron chi connectivity index (χ1n) is 28.0. The lowest BCUT2D eigenvalue weighted by Gasteiger charge is -2.06. The molecule has 0 spiro atoms. The van der Waals surface area contributed by atoms with Crippen molar-refractivity contribution in [2.45, 2.75) is 315 Å². The predicted octanol–water partition coefficient (Wildman–Crippen LogP) is 19.9. The molecule has 0 aromatic carbocycles. The average Bonchev–Trinajstić information content (AvgIpc) is 3.27. The van der Waals surface area contributed by atoms with E-state index in [-0.39, 0.29) is 5.97 Å². The van der Waals surface area contributed by atoms with Gasteiger partial charge in [-0.1, -0.05) is 294 Å². The number of ether oxygens (including phenoxy) is 1. The van der Waals surface area contributed by atoms with Crippen LogP contribution < -0.4 is 0 Å². The van der Waals surface area contributed by atoms with Crippen molar-refractivity contribution in [3.63, 3.8) is 0 Å². The number of hydrogen-bond donors (Lipinski definition) is 1. The minimum atomic E-state index is 0.00972. The summed E-state index contributed by atoms with van der Waals surface area (Å²) in [6.07, 6.45) is 77.7. The van der Waals surface area contributed by atoms with Gasteiger partial charge in [0, 0.05) is 13.0 Å². The smallest absolute Gasteiger partial charge is 0.305 e. The van der Waals surface area contributed by atoms with Crippen LogP contribution >= 0.6 is 0 Å². The number of esters is 1. The lowest BCUT2D eigenvalue weighted by Crippen LogP contribution is -2.05. The van der Waals surface area contributed by atoms with Gasteiger partial charge in [-0.05, 0) is 51.4 Å². The van der Waals surface area contributed by atoms with E-state index in [1.165, 1.54) is 257 Å². The Labute approximate surface area is 384 Å². The fraction of sp³-hybridized carbons (Fsp3) is 0.879. The number of unbranched alkanes of at least 4 members (excludes halogenated alkanes) is 42. The van der Waals surface area contributed by atoms with Crippen LogP contribution in [-0.4, -0.2) is 24.3 Å². The molecule has 0 fully saturated rings. The van der Waals surface area contributed by atoms with E-state index in [1.54, 1.807) is 0 Å². The third-order valence-electron chi connectivity index (χ3n) is 12.8. The van der Waals surface area contributed by atoms with Crippen molar-refractivity contribution >= 4 is 5.97 Å². The fourth-order valence-electron chi connectivity index (χ4n) is 8.72. The summed E-state index contributed by atoms with van der Waals surface area (Å²) >= 11 is 0. The van der Waals surface area contributed by atoms with Gasteiger partial charge in [-0.25, -0.2) is 0 Å². The monoisotopic (exact) mass is 855 g/mol. The molecule has 0 aliphatic carbocycles.